The van der Waals surface area contributed by atoms with Crippen molar-refractivity contribution >= 4 is 37.3 Å². The lowest BCUT2D eigenvalue weighted by molar-refractivity contribution is -0.109. The van der Waals surface area contributed by atoms with E-state index in [-0.39, 0.29) is 6.10 Å². The molecule has 7 heteroatoms. The minimum Gasteiger partial charge on any atom is -0.370 e. The van der Waals surface area contributed by atoms with Gasteiger partial charge in [0.1, 0.15) is 4.21 Å². The summed E-state index contributed by atoms with van der Waals surface area (Å²) in [6, 6.07) is 1.72. The lowest BCUT2D eigenvalue weighted by Crippen LogP contribution is -2.53. The normalized spacial score (nSPS) is 24.6. The Morgan fingerprint density at radius 3 is 2.63 bits per heavy atom. The maximum atomic E-state index is 12.6. The molecule has 0 saturated carbocycles. The second-order valence-electron chi connectivity index (χ2n) is 5.51. The third kappa shape index (κ3) is 3.21. The number of sulfonamides is 1. The van der Waals surface area contributed by atoms with E-state index in [1.54, 1.807) is 6.07 Å². The predicted molar refractivity (Wildman–Crippen MR) is 80.1 cm³/mol. The van der Waals surface area contributed by atoms with E-state index in [1.807, 2.05) is 27.7 Å². The molecule has 1 unspecified atom stereocenters. The topological polar surface area (TPSA) is 46.6 Å². The fourth-order valence-corrected chi connectivity index (χ4v) is 6.31. The van der Waals surface area contributed by atoms with Crippen LogP contribution in [-0.2, 0) is 14.8 Å². The number of ether oxygens (including phenoxy) is 1. The van der Waals surface area contributed by atoms with Gasteiger partial charge in [0.05, 0.1) is 15.5 Å². The van der Waals surface area contributed by atoms with Crippen LogP contribution in [-0.4, -0.2) is 37.5 Å². The minimum atomic E-state index is -3.43. The summed E-state index contributed by atoms with van der Waals surface area (Å²) in [7, 11) is -3.43. The van der Waals surface area contributed by atoms with Gasteiger partial charge in [-0.15, -0.1) is 11.3 Å². The Labute approximate surface area is 126 Å². The number of halogens is 1. The SMILES string of the molecule is Cc1cc(S(=O)(=O)N2CC(C)OC(C)(C)C2)sc1Br. The van der Waals surface area contributed by atoms with Crippen LogP contribution in [0.1, 0.15) is 26.3 Å². The Bertz CT molecular complexity index is 560. The van der Waals surface area contributed by atoms with Gasteiger partial charge in [-0.3, -0.25) is 0 Å². The lowest BCUT2D eigenvalue weighted by atomic mass is 10.1. The van der Waals surface area contributed by atoms with E-state index in [4.69, 9.17) is 4.74 Å². The summed E-state index contributed by atoms with van der Waals surface area (Å²) < 4.78 is 33.8. The summed E-state index contributed by atoms with van der Waals surface area (Å²) in [5.41, 5.74) is 0.498. The molecule has 2 rings (SSSR count). The predicted octanol–water partition coefficient (Wildman–Crippen LogP) is 3.01. The van der Waals surface area contributed by atoms with Gasteiger partial charge in [0.2, 0.25) is 0 Å². The van der Waals surface area contributed by atoms with Crippen molar-refractivity contribution in [1.82, 2.24) is 4.31 Å². The molecule has 1 aliphatic heterocycles. The number of hydrogen-bond donors (Lipinski definition) is 0. The summed E-state index contributed by atoms with van der Waals surface area (Å²) in [4.78, 5) is 0. The van der Waals surface area contributed by atoms with E-state index in [2.05, 4.69) is 15.9 Å². The number of thiophene rings is 1. The van der Waals surface area contributed by atoms with Crippen molar-refractivity contribution in [3.05, 3.63) is 15.4 Å². The molecular formula is C12H18BrNO3S2. The second-order valence-corrected chi connectivity index (χ2v) is 10.0. The fourth-order valence-electron chi connectivity index (χ4n) is 2.26. The monoisotopic (exact) mass is 367 g/mol. The van der Waals surface area contributed by atoms with E-state index >= 15 is 0 Å². The standard InChI is InChI=1S/C12H18BrNO3S2/c1-8-5-10(18-11(8)13)19(15,16)14-6-9(2)17-12(3,4)7-14/h5,9H,6-7H2,1-4H3. The summed E-state index contributed by atoms with van der Waals surface area (Å²) in [6.07, 6.45) is -0.0944. The molecule has 108 valence electrons. The molecule has 0 amide bonds. The Kier molecular flexibility index (Phi) is 4.15. The molecule has 0 spiro atoms. The van der Waals surface area contributed by atoms with Gasteiger partial charge in [-0.2, -0.15) is 4.31 Å². The summed E-state index contributed by atoms with van der Waals surface area (Å²) in [5.74, 6) is 0. The molecule has 2 heterocycles. The van der Waals surface area contributed by atoms with Crippen LogP contribution in [0.5, 0.6) is 0 Å². The second kappa shape index (κ2) is 5.11. The van der Waals surface area contributed by atoms with Crippen LogP contribution in [0, 0.1) is 6.92 Å². The average molecular weight is 368 g/mol. The summed E-state index contributed by atoms with van der Waals surface area (Å²) in [6.45, 7) is 8.42. The third-order valence-corrected chi connectivity index (χ3v) is 7.36. The van der Waals surface area contributed by atoms with E-state index in [9.17, 15) is 8.42 Å². The van der Waals surface area contributed by atoms with Crippen molar-refractivity contribution in [2.75, 3.05) is 13.1 Å². The highest BCUT2D eigenvalue weighted by Crippen LogP contribution is 2.34. The van der Waals surface area contributed by atoms with E-state index in [0.29, 0.717) is 17.3 Å². The molecule has 0 radical (unpaired) electrons. The van der Waals surface area contributed by atoms with Gasteiger partial charge in [-0.05, 0) is 55.3 Å². The van der Waals surface area contributed by atoms with Crippen molar-refractivity contribution in [3.63, 3.8) is 0 Å². The molecule has 0 bridgehead atoms. The van der Waals surface area contributed by atoms with Crippen molar-refractivity contribution in [2.45, 2.75) is 43.6 Å². The molecule has 19 heavy (non-hydrogen) atoms. The Morgan fingerprint density at radius 2 is 2.16 bits per heavy atom. The molecule has 0 aliphatic carbocycles. The number of rotatable bonds is 2. The molecule has 1 fully saturated rings. The third-order valence-electron chi connectivity index (χ3n) is 2.97. The van der Waals surface area contributed by atoms with Crippen molar-refractivity contribution in [3.8, 4) is 0 Å². The highest BCUT2D eigenvalue weighted by molar-refractivity contribution is 9.11. The zero-order valence-electron chi connectivity index (χ0n) is 11.4. The molecule has 1 aromatic heterocycles. The van der Waals surface area contributed by atoms with Gasteiger partial charge in [0.15, 0.2) is 0 Å². The molecule has 0 aromatic carbocycles. The number of hydrogen-bond acceptors (Lipinski definition) is 4. The van der Waals surface area contributed by atoms with Crippen LogP contribution in [0.15, 0.2) is 14.1 Å². The molecule has 4 nitrogen and oxygen atoms in total. The van der Waals surface area contributed by atoms with Gasteiger partial charge < -0.3 is 4.74 Å². The first kappa shape index (κ1) is 15.4. The van der Waals surface area contributed by atoms with Crippen LogP contribution >= 0.6 is 27.3 Å². The van der Waals surface area contributed by atoms with Crippen molar-refractivity contribution in [2.24, 2.45) is 0 Å². The number of morpholine rings is 1. The van der Waals surface area contributed by atoms with Crippen LogP contribution in [0.3, 0.4) is 0 Å². The largest absolute Gasteiger partial charge is 0.370 e. The Hall–Kier alpha value is 0.0500. The minimum absolute atomic E-state index is 0.0944. The highest BCUT2D eigenvalue weighted by Gasteiger charge is 2.38. The smallest absolute Gasteiger partial charge is 0.252 e. The van der Waals surface area contributed by atoms with Gasteiger partial charge in [-0.25, -0.2) is 8.42 Å². The maximum absolute atomic E-state index is 12.6. The van der Waals surface area contributed by atoms with Crippen molar-refractivity contribution < 1.29 is 13.2 Å². The van der Waals surface area contributed by atoms with Crippen LogP contribution < -0.4 is 0 Å². The van der Waals surface area contributed by atoms with Gasteiger partial charge in [0, 0.05) is 13.1 Å². The quantitative estimate of drug-likeness (QED) is 0.806. The van der Waals surface area contributed by atoms with Crippen LogP contribution in [0.25, 0.3) is 0 Å². The Balaban J connectivity index is 2.34. The van der Waals surface area contributed by atoms with Crippen LogP contribution in [0.4, 0.5) is 0 Å². The first-order valence-corrected chi connectivity index (χ1v) is 9.11. The zero-order valence-corrected chi connectivity index (χ0v) is 14.7. The zero-order chi connectivity index (χ0) is 14.4. The molecule has 1 atom stereocenters. The first-order chi connectivity index (χ1) is 8.62. The number of nitrogens with zero attached hydrogens (tertiary/aromatic N) is 1. The van der Waals surface area contributed by atoms with Crippen molar-refractivity contribution in [1.29, 1.82) is 0 Å². The molecular weight excluding hydrogens is 350 g/mol. The summed E-state index contributed by atoms with van der Waals surface area (Å²) >= 11 is 4.64. The van der Waals surface area contributed by atoms with Crippen LogP contribution in [0.2, 0.25) is 0 Å². The molecule has 0 N–H and O–H groups in total. The van der Waals surface area contributed by atoms with Gasteiger partial charge >= 0.3 is 0 Å². The average Bonchev–Trinajstić information content (AvgIpc) is 2.57. The highest BCUT2D eigenvalue weighted by atomic mass is 79.9. The van der Waals surface area contributed by atoms with E-state index in [0.717, 1.165) is 9.35 Å². The molecule has 1 aromatic rings. The first-order valence-electron chi connectivity index (χ1n) is 6.06. The van der Waals surface area contributed by atoms with Gasteiger partial charge in [-0.1, -0.05) is 0 Å². The van der Waals surface area contributed by atoms with E-state index < -0.39 is 15.6 Å². The summed E-state index contributed by atoms with van der Waals surface area (Å²) in [5, 5.41) is 0. The molecule has 1 saturated heterocycles. The van der Waals surface area contributed by atoms with Gasteiger partial charge in [0.25, 0.3) is 10.0 Å². The lowest BCUT2D eigenvalue weighted by Gasteiger charge is -2.40. The molecule has 1 aliphatic rings. The Morgan fingerprint density at radius 1 is 1.53 bits per heavy atom. The maximum Gasteiger partial charge on any atom is 0.252 e. The fraction of sp³-hybridized carbons (Fsp3) is 0.667. The van der Waals surface area contributed by atoms with E-state index in [1.165, 1.54) is 15.6 Å². The number of aryl methyl sites for hydroxylation is 1.